The standard InChI is InChI=1S/C11H15OS/c1-9(12)11-6-4-5-10(7-11)8-13(2)3/h4-7H,8H2,1-3H3/q+1. The number of rotatable bonds is 3. The summed E-state index contributed by atoms with van der Waals surface area (Å²) in [5.41, 5.74) is 2.09. The van der Waals surface area contributed by atoms with Crippen molar-refractivity contribution >= 4 is 16.7 Å². The maximum atomic E-state index is 11.1. The lowest BCUT2D eigenvalue weighted by atomic mass is 10.1. The number of carbonyl (C=O) groups is 1. The summed E-state index contributed by atoms with van der Waals surface area (Å²) in [4.78, 5) is 11.1. The molecule has 0 aliphatic carbocycles. The third kappa shape index (κ3) is 3.23. The second-order valence-corrected chi connectivity index (χ2v) is 5.65. The molecule has 0 saturated heterocycles. The highest BCUT2D eigenvalue weighted by Crippen LogP contribution is 2.09. The summed E-state index contributed by atoms with van der Waals surface area (Å²) in [6.07, 6.45) is 4.42. The van der Waals surface area contributed by atoms with Gasteiger partial charge < -0.3 is 0 Å². The first kappa shape index (κ1) is 10.3. The van der Waals surface area contributed by atoms with Crippen LogP contribution in [0.25, 0.3) is 0 Å². The van der Waals surface area contributed by atoms with E-state index < -0.39 is 0 Å². The molecule has 1 nitrogen and oxygen atoms in total. The number of hydrogen-bond acceptors (Lipinski definition) is 1. The second-order valence-electron chi connectivity index (χ2n) is 3.39. The van der Waals surface area contributed by atoms with E-state index in [-0.39, 0.29) is 5.78 Å². The first-order valence-corrected chi connectivity index (χ1v) is 6.44. The van der Waals surface area contributed by atoms with Crippen LogP contribution in [0, 0.1) is 0 Å². The highest BCUT2D eigenvalue weighted by atomic mass is 32.2. The zero-order chi connectivity index (χ0) is 9.84. The van der Waals surface area contributed by atoms with Crippen molar-refractivity contribution in [3.05, 3.63) is 35.4 Å². The number of benzene rings is 1. The van der Waals surface area contributed by atoms with Crippen molar-refractivity contribution in [2.24, 2.45) is 0 Å². The van der Waals surface area contributed by atoms with Gasteiger partial charge in [0.05, 0.1) is 12.5 Å². The Hall–Kier alpha value is -0.760. The fourth-order valence-electron chi connectivity index (χ4n) is 1.21. The van der Waals surface area contributed by atoms with Gasteiger partial charge in [-0.3, -0.25) is 4.79 Å². The molecule has 0 spiro atoms. The van der Waals surface area contributed by atoms with Crippen molar-refractivity contribution in [3.63, 3.8) is 0 Å². The minimum atomic E-state index is 0.147. The molecule has 13 heavy (non-hydrogen) atoms. The quantitative estimate of drug-likeness (QED) is 0.534. The van der Waals surface area contributed by atoms with Gasteiger partial charge in [0.1, 0.15) is 5.75 Å². The van der Waals surface area contributed by atoms with E-state index >= 15 is 0 Å². The SMILES string of the molecule is CC(=O)c1cccc(C[S+](C)C)c1. The molecule has 0 heterocycles. The third-order valence-corrected chi connectivity index (χ3v) is 2.70. The molecule has 0 aromatic heterocycles. The van der Waals surface area contributed by atoms with E-state index in [4.69, 9.17) is 0 Å². The first-order chi connectivity index (χ1) is 6.09. The Morgan fingerprint density at radius 1 is 1.38 bits per heavy atom. The molecule has 0 N–H and O–H groups in total. The molecule has 0 saturated carbocycles. The Morgan fingerprint density at radius 2 is 2.08 bits per heavy atom. The minimum absolute atomic E-state index is 0.147. The summed E-state index contributed by atoms with van der Waals surface area (Å²) in [6, 6.07) is 7.91. The van der Waals surface area contributed by atoms with Crippen LogP contribution in [0.2, 0.25) is 0 Å². The summed E-state index contributed by atoms with van der Waals surface area (Å²) in [5, 5.41) is 0. The normalized spacial score (nSPS) is 10.5. The predicted molar refractivity (Wildman–Crippen MR) is 59.4 cm³/mol. The molecule has 1 aromatic carbocycles. The minimum Gasteiger partial charge on any atom is -0.295 e. The van der Waals surface area contributed by atoms with Crippen LogP contribution in [0.4, 0.5) is 0 Å². The van der Waals surface area contributed by atoms with Gasteiger partial charge in [0.15, 0.2) is 5.78 Å². The smallest absolute Gasteiger partial charge is 0.159 e. The Kier molecular flexibility index (Phi) is 3.55. The molecule has 0 aliphatic rings. The van der Waals surface area contributed by atoms with Crippen LogP contribution in [-0.2, 0) is 16.6 Å². The number of carbonyl (C=O) groups excluding carboxylic acids is 1. The van der Waals surface area contributed by atoms with E-state index in [1.165, 1.54) is 5.56 Å². The van der Waals surface area contributed by atoms with Gasteiger partial charge >= 0.3 is 0 Å². The molecule has 0 amide bonds. The lowest BCUT2D eigenvalue weighted by molar-refractivity contribution is 0.101. The summed E-state index contributed by atoms with van der Waals surface area (Å²) in [6.45, 7) is 1.61. The van der Waals surface area contributed by atoms with Crippen molar-refractivity contribution < 1.29 is 4.79 Å². The molecule has 70 valence electrons. The van der Waals surface area contributed by atoms with E-state index in [1.807, 2.05) is 18.2 Å². The Balaban J connectivity index is 2.85. The number of hydrogen-bond donors (Lipinski definition) is 0. The highest BCUT2D eigenvalue weighted by Gasteiger charge is 2.06. The van der Waals surface area contributed by atoms with Crippen LogP contribution in [0.3, 0.4) is 0 Å². The monoisotopic (exact) mass is 195 g/mol. The van der Waals surface area contributed by atoms with E-state index in [0.717, 1.165) is 11.3 Å². The van der Waals surface area contributed by atoms with Crippen molar-refractivity contribution in [3.8, 4) is 0 Å². The van der Waals surface area contributed by atoms with Crippen molar-refractivity contribution in [2.75, 3.05) is 12.5 Å². The van der Waals surface area contributed by atoms with Crippen LogP contribution in [-0.4, -0.2) is 18.3 Å². The summed E-state index contributed by atoms with van der Waals surface area (Å²) < 4.78 is 0. The van der Waals surface area contributed by atoms with Gasteiger partial charge in [-0.15, -0.1) is 0 Å². The fraction of sp³-hybridized carbons (Fsp3) is 0.364. The van der Waals surface area contributed by atoms with Gasteiger partial charge in [0.25, 0.3) is 0 Å². The van der Waals surface area contributed by atoms with Crippen LogP contribution >= 0.6 is 0 Å². The fourth-order valence-corrected chi connectivity index (χ4v) is 2.06. The molecule has 0 unspecified atom stereocenters. The molecule has 0 aliphatic heterocycles. The Labute approximate surface area is 82.5 Å². The number of ketones is 1. The summed E-state index contributed by atoms with van der Waals surface area (Å²) in [5.74, 6) is 1.22. The molecule has 0 atom stereocenters. The van der Waals surface area contributed by atoms with Gasteiger partial charge in [-0.05, 0) is 23.9 Å². The molecular weight excluding hydrogens is 180 g/mol. The average molecular weight is 195 g/mol. The van der Waals surface area contributed by atoms with E-state index in [2.05, 4.69) is 18.6 Å². The maximum Gasteiger partial charge on any atom is 0.159 e. The second kappa shape index (κ2) is 4.47. The van der Waals surface area contributed by atoms with Crippen molar-refractivity contribution in [1.82, 2.24) is 0 Å². The topological polar surface area (TPSA) is 17.1 Å². The van der Waals surface area contributed by atoms with Gasteiger partial charge in [0, 0.05) is 11.1 Å². The Bertz CT molecular complexity index is 305. The summed E-state index contributed by atoms with van der Waals surface area (Å²) in [7, 11) is 0.401. The molecule has 0 radical (unpaired) electrons. The van der Waals surface area contributed by atoms with Crippen molar-refractivity contribution in [2.45, 2.75) is 12.7 Å². The highest BCUT2D eigenvalue weighted by molar-refractivity contribution is 7.94. The molecule has 1 aromatic rings. The third-order valence-electron chi connectivity index (χ3n) is 1.79. The molecule has 0 fully saturated rings. The van der Waals surface area contributed by atoms with Gasteiger partial charge in [-0.2, -0.15) is 0 Å². The van der Waals surface area contributed by atoms with Crippen LogP contribution in [0.1, 0.15) is 22.8 Å². The van der Waals surface area contributed by atoms with Gasteiger partial charge in [-0.25, -0.2) is 0 Å². The maximum absolute atomic E-state index is 11.1. The van der Waals surface area contributed by atoms with Crippen LogP contribution in [0.15, 0.2) is 24.3 Å². The van der Waals surface area contributed by atoms with Gasteiger partial charge in [-0.1, -0.05) is 18.2 Å². The zero-order valence-corrected chi connectivity index (χ0v) is 9.15. The molecule has 1 rings (SSSR count). The lowest BCUT2D eigenvalue weighted by Crippen LogP contribution is -2.01. The van der Waals surface area contributed by atoms with E-state index in [0.29, 0.717) is 10.9 Å². The Morgan fingerprint density at radius 3 is 2.62 bits per heavy atom. The lowest BCUT2D eigenvalue weighted by Gasteiger charge is -2.00. The van der Waals surface area contributed by atoms with Crippen LogP contribution in [0.5, 0.6) is 0 Å². The largest absolute Gasteiger partial charge is 0.295 e. The summed E-state index contributed by atoms with van der Waals surface area (Å²) >= 11 is 0. The predicted octanol–water partition coefficient (Wildman–Crippen LogP) is 2.27. The zero-order valence-electron chi connectivity index (χ0n) is 8.33. The molecule has 0 bridgehead atoms. The first-order valence-electron chi connectivity index (χ1n) is 4.23. The van der Waals surface area contributed by atoms with Gasteiger partial charge in [0.2, 0.25) is 0 Å². The van der Waals surface area contributed by atoms with Crippen LogP contribution < -0.4 is 0 Å². The molecular formula is C11H15OS+. The van der Waals surface area contributed by atoms with E-state index in [9.17, 15) is 4.79 Å². The molecule has 2 heteroatoms. The average Bonchev–Trinajstić information content (AvgIpc) is 2.03. The van der Waals surface area contributed by atoms with E-state index in [1.54, 1.807) is 6.92 Å². The number of Topliss-reactive ketones (excluding diaryl/α,β-unsaturated/α-hetero) is 1. The van der Waals surface area contributed by atoms with Crippen molar-refractivity contribution in [1.29, 1.82) is 0 Å².